The van der Waals surface area contributed by atoms with Crippen LogP contribution in [0.3, 0.4) is 0 Å². The molecule has 0 amide bonds. The van der Waals surface area contributed by atoms with Gasteiger partial charge in [0.15, 0.2) is 5.65 Å². The Morgan fingerprint density at radius 1 is 1.42 bits per heavy atom. The van der Waals surface area contributed by atoms with E-state index < -0.39 is 0 Å². The Balaban J connectivity index is 2.06. The molecule has 1 N–H and O–H groups in total. The monoisotopic (exact) mass is 258 g/mol. The molecule has 1 fully saturated rings. The minimum atomic E-state index is 0.363. The average molecular weight is 258 g/mol. The van der Waals surface area contributed by atoms with Crippen molar-refractivity contribution in [2.75, 3.05) is 6.54 Å². The standard InChI is InChI=1S/C15H22N4/c1-11(2)10-14-18-12-6-5-9-17-15(12)19(14)13-7-3-4-8-16-13/h5-6,9,11,13,16H,3-4,7-8,10H2,1-2H3. The van der Waals surface area contributed by atoms with E-state index in [1.54, 1.807) is 0 Å². The topological polar surface area (TPSA) is 42.7 Å². The Hall–Kier alpha value is -1.42. The lowest BCUT2D eigenvalue weighted by atomic mass is 10.1. The summed E-state index contributed by atoms with van der Waals surface area (Å²) in [6.45, 7) is 5.58. The molecule has 2 aromatic rings. The third-order valence-corrected chi connectivity index (χ3v) is 3.71. The number of piperidine rings is 1. The second-order valence-electron chi connectivity index (χ2n) is 5.81. The highest BCUT2D eigenvalue weighted by Gasteiger charge is 2.21. The van der Waals surface area contributed by atoms with Crippen LogP contribution in [0.1, 0.15) is 45.1 Å². The molecule has 0 radical (unpaired) electrons. The van der Waals surface area contributed by atoms with Crippen molar-refractivity contribution < 1.29 is 0 Å². The summed E-state index contributed by atoms with van der Waals surface area (Å²) in [7, 11) is 0. The predicted octanol–water partition coefficient (Wildman–Crippen LogP) is 2.90. The molecule has 19 heavy (non-hydrogen) atoms. The highest BCUT2D eigenvalue weighted by atomic mass is 15.2. The molecule has 4 nitrogen and oxygen atoms in total. The molecule has 0 bridgehead atoms. The van der Waals surface area contributed by atoms with Gasteiger partial charge in [0.25, 0.3) is 0 Å². The highest BCUT2D eigenvalue weighted by molar-refractivity contribution is 5.71. The van der Waals surface area contributed by atoms with Gasteiger partial charge in [-0.25, -0.2) is 9.97 Å². The molecule has 102 valence electrons. The van der Waals surface area contributed by atoms with Crippen molar-refractivity contribution in [3.8, 4) is 0 Å². The highest BCUT2D eigenvalue weighted by Crippen LogP contribution is 2.25. The van der Waals surface area contributed by atoms with Gasteiger partial charge >= 0.3 is 0 Å². The molecular formula is C15H22N4. The van der Waals surface area contributed by atoms with Crippen LogP contribution < -0.4 is 5.32 Å². The quantitative estimate of drug-likeness (QED) is 0.920. The van der Waals surface area contributed by atoms with Crippen molar-refractivity contribution in [2.45, 2.75) is 45.7 Å². The first-order chi connectivity index (χ1) is 9.25. The number of hydrogen-bond acceptors (Lipinski definition) is 3. The smallest absolute Gasteiger partial charge is 0.161 e. The maximum Gasteiger partial charge on any atom is 0.161 e. The maximum atomic E-state index is 4.79. The van der Waals surface area contributed by atoms with Gasteiger partial charge in [-0.2, -0.15) is 0 Å². The van der Waals surface area contributed by atoms with Gasteiger partial charge in [0.05, 0.1) is 6.17 Å². The third-order valence-electron chi connectivity index (χ3n) is 3.71. The summed E-state index contributed by atoms with van der Waals surface area (Å²) in [5, 5.41) is 3.61. The first-order valence-electron chi connectivity index (χ1n) is 7.31. The summed E-state index contributed by atoms with van der Waals surface area (Å²) in [6.07, 6.45) is 6.97. The fourth-order valence-electron chi connectivity index (χ4n) is 2.87. The summed E-state index contributed by atoms with van der Waals surface area (Å²) in [5.41, 5.74) is 2.04. The van der Waals surface area contributed by atoms with E-state index in [0.717, 1.165) is 24.1 Å². The lowest BCUT2D eigenvalue weighted by Gasteiger charge is -2.26. The number of rotatable bonds is 3. The Bertz CT molecular complexity index is 552. The van der Waals surface area contributed by atoms with Gasteiger partial charge in [-0.1, -0.05) is 13.8 Å². The van der Waals surface area contributed by atoms with Crippen LogP contribution >= 0.6 is 0 Å². The van der Waals surface area contributed by atoms with E-state index in [9.17, 15) is 0 Å². The Morgan fingerprint density at radius 3 is 3.05 bits per heavy atom. The van der Waals surface area contributed by atoms with E-state index in [1.807, 2.05) is 12.3 Å². The zero-order valence-electron chi connectivity index (χ0n) is 11.8. The molecule has 3 rings (SSSR count). The molecular weight excluding hydrogens is 236 g/mol. The van der Waals surface area contributed by atoms with Gasteiger partial charge in [0.1, 0.15) is 11.3 Å². The first kappa shape index (κ1) is 12.6. The lowest BCUT2D eigenvalue weighted by molar-refractivity contribution is 0.316. The number of fused-ring (bicyclic) bond motifs is 1. The molecule has 3 heterocycles. The van der Waals surface area contributed by atoms with Gasteiger partial charge in [-0.05, 0) is 43.9 Å². The SMILES string of the molecule is CC(C)Cc1nc2cccnc2n1C1CCCCN1. The zero-order chi connectivity index (χ0) is 13.2. The van der Waals surface area contributed by atoms with Crippen molar-refractivity contribution in [3.63, 3.8) is 0 Å². The average Bonchev–Trinajstić information content (AvgIpc) is 2.76. The fourth-order valence-corrected chi connectivity index (χ4v) is 2.87. The van der Waals surface area contributed by atoms with Gasteiger partial charge < -0.3 is 0 Å². The van der Waals surface area contributed by atoms with E-state index in [1.165, 1.54) is 25.1 Å². The maximum absolute atomic E-state index is 4.79. The molecule has 1 atom stereocenters. The van der Waals surface area contributed by atoms with Crippen molar-refractivity contribution in [1.82, 2.24) is 19.9 Å². The van der Waals surface area contributed by atoms with Gasteiger partial charge in [0.2, 0.25) is 0 Å². The van der Waals surface area contributed by atoms with Crippen LogP contribution in [0.2, 0.25) is 0 Å². The molecule has 1 aliphatic heterocycles. The minimum absolute atomic E-state index is 0.363. The van der Waals surface area contributed by atoms with Gasteiger partial charge in [-0.15, -0.1) is 0 Å². The van der Waals surface area contributed by atoms with E-state index >= 15 is 0 Å². The predicted molar refractivity (Wildman–Crippen MR) is 77.0 cm³/mol. The minimum Gasteiger partial charge on any atom is -0.297 e. The van der Waals surface area contributed by atoms with Gasteiger partial charge in [-0.3, -0.25) is 9.88 Å². The van der Waals surface area contributed by atoms with E-state index in [-0.39, 0.29) is 0 Å². The zero-order valence-corrected chi connectivity index (χ0v) is 11.8. The molecule has 1 saturated heterocycles. The van der Waals surface area contributed by atoms with Crippen molar-refractivity contribution in [1.29, 1.82) is 0 Å². The van der Waals surface area contributed by atoms with E-state index in [2.05, 4.69) is 34.8 Å². The van der Waals surface area contributed by atoms with Crippen LogP contribution in [-0.2, 0) is 6.42 Å². The van der Waals surface area contributed by atoms with Crippen LogP contribution in [0.25, 0.3) is 11.2 Å². The Labute approximate surface area is 114 Å². The number of pyridine rings is 1. The van der Waals surface area contributed by atoms with E-state index in [4.69, 9.17) is 4.98 Å². The molecule has 1 unspecified atom stereocenters. The number of aromatic nitrogens is 3. The van der Waals surface area contributed by atoms with Crippen molar-refractivity contribution in [3.05, 3.63) is 24.2 Å². The molecule has 1 aliphatic rings. The van der Waals surface area contributed by atoms with Crippen LogP contribution in [0.15, 0.2) is 18.3 Å². The Kier molecular flexibility index (Phi) is 3.51. The fraction of sp³-hybridized carbons (Fsp3) is 0.600. The van der Waals surface area contributed by atoms with Crippen LogP contribution in [0.5, 0.6) is 0 Å². The second kappa shape index (κ2) is 5.29. The van der Waals surface area contributed by atoms with E-state index in [0.29, 0.717) is 12.1 Å². The molecule has 2 aromatic heterocycles. The lowest BCUT2D eigenvalue weighted by Crippen LogP contribution is -2.32. The second-order valence-corrected chi connectivity index (χ2v) is 5.81. The number of nitrogens with zero attached hydrogens (tertiary/aromatic N) is 3. The molecule has 0 spiro atoms. The van der Waals surface area contributed by atoms with Crippen LogP contribution in [-0.4, -0.2) is 21.1 Å². The van der Waals surface area contributed by atoms with Crippen LogP contribution in [0.4, 0.5) is 0 Å². The summed E-state index contributed by atoms with van der Waals surface area (Å²) in [6, 6.07) is 4.03. The van der Waals surface area contributed by atoms with Gasteiger partial charge in [0, 0.05) is 12.6 Å². The Morgan fingerprint density at radius 2 is 2.32 bits per heavy atom. The number of imidazole rings is 1. The first-order valence-corrected chi connectivity index (χ1v) is 7.31. The number of nitrogens with one attached hydrogen (secondary N) is 1. The van der Waals surface area contributed by atoms with Crippen molar-refractivity contribution in [2.24, 2.45) is 5.92 Å². The van der Waals surface area contributed by atoms with Crippen molar-refractivity contribution >= 4 is 11.2 Å². The third kappa shape index (κ3) is 2.50. The molecule has 0 aromatic carbocycles. The molecule has 0 saturated carbocycles. The summed E-state index contributed by atoms with van der Waals surface area (Å²) in [4.78, 5) is 9.33. The summed E-state index contributed by atoms with van der Waals surface area (Å²) >= 11 is 0. The molecule has 0 aliphatic carbocycles. The number of hydrogen-bond donors (Lipinski definition) is 1. The normalized spacial score (nSPS) is 20.3. The summed E-state index contributed by atoms with van der Waals surface area (Å²) in [5.74, 6) is 1.78. The largest absolute Gasteiger partial charge is 0.297 e. The molecule has 4 heteroatoms. The van der Waals surface area contributed by atoms with Crippen LogP contribution in [0, 0.1) is 5.92 Å². The summed E-state index contributed by atoms with van der Waals surface area (Å²) < 4.78 is 2.33.